The predicted octanol–water partition coefficient (Wildman–Crippen LogP) is -0.583. The Morgan fingerprint density at radius 3 is 2.83 bits per heavy atom. The van der Waals surface area contributed by atoms with Gasteiger partial charge in [0.1, 0.15) is 17.5 Å². The van der Waals surface area contributed by atoms with Gasteiger partial charge >= 0.3 is 0 Å². The van der Waals surface area contributed by atoms with Crippen molar-refractivity contribution < 1.29 is 36.1 Å². The van der Waals surface area contributed by atoms with Crippen LogP contribution in [0.1, 0.15) is 30.1 Å². The Balaban J connectivity index is 0.00000264. The number of benzene rings is 1. The van der Waals surface area contributed by atoms with Crippen molar-refractivity contribution in [1.29, 1.82) is 0 Å². The lowest BCUT2D eigenvalue weighted by Crippen LogP contribution is -3.00. The van der Waals surface area contributed by atoms with Crippen molar-refractivity contribution >= 4 is 17.5 Å². The zero-order chi connectivity index (χ0) is 16.3. The second-order valence-corrected chi connectivity index (χ2v) is 6.44. The van der Waals surface area contributed by atoms with Gasteiger partial charge in [0, 0.05) is 18.9 Å². The molecule has 1 aromatic rings. The van der Waals surface area contributed by atoms with E-state index in [0.29, 0.717) is 23.9 Å². The number of likely N-dealkylation sites (tertiary alicyclic amines) is 1. The number of amides is 1. The van der Waals surface area contributed by atoms with Crippen molar-refractivity contribution in [3.8, 4) is 11.5 Å². The van der Waals surface area contributed by atoms with Gasteiger partial charge in [-0.25, -0.2) is 0 Å². The van der Waals surface area contributed by atoms with Crippen molar-refractivity contribution in [1.82, 2.24) is 5.32 Å². The molecule has 2 atom stereocenters. The van der Waals surface area contributed by atoms with Crippen LogP contribution in [0.2, 0.25) is 5.02 Å². The van der Waals surface area contributed by atoms with E-state index in [0.717, 1.165) is 24.0 Å². The highest BCUT2D eigenvalue weighted by atomic mass is 79.9. The van der Waals surface area contributed by atoms with Crippen LogP contribution in [0.3, 0.4) is 0 Å². The van der Waals surface area contributed by atoms with Gasteiger partial charge in [0.25, 0.3) is 5.91 Å². The molecule has 0 aromatic heterocycles. The average molecular weight is 408 g/mol. The molecule has 0 saturated carbocycles. The molecule has 1 aromatic carbocycles. The highest BCUT2D eigenvalue weighted by molar-refractivity contribution is 6.32. The van der Waals surface area contributed by atoms with Gasteiger partial charge in [-0.1, -0.05) is 11.6 Å². The molecule has 7 heteroatoms. The van der Waals surface area contributed by atoms with Gasteiger partial charge in [-0.05, 0) is 13.0 Å². The first kappa shape index (κ1) is 20.1. The van der Waals surface area contributed by atoms with E-state index in [1.54, 1.807) is 0 Å². The van der Waals surface area contributed by atoms with Gasteiger partial charge < -0.3 is 36.6 Å². The first-order valence-corrected chi connectivity index (χ1v) is 7.98. The van der Waals surface area contributed by atoms with E-state index in [4.69, 9.17) is 16.3 Å². The van der Waals surface area contributed by atoms with Crippen LogP contribution in [-0.4, -0.2) is 55.3 Å². The first-order chi connectivity index (χ1) is 10.4. The number of carbonyl (C=O) groups excluding carboxylic acids is 1. The second kappa shape index (κ2) is 8.22. The molecule has 0 radical (unpaired) electrons. The molecule has 2 N–H and O–H groups in total. The van der Waals surface area contributed by atoms with E-state index in [1.807, 2.05) is 0 Å². The zero-order valence-electron chi connectivity index (χ0n) is 13.7. The van der Waals surface area contributed by atoms with E-state index >= 15 is 0 Å². The van der Waals surface area contributed by atoms with Crippen LogP contribution in [0.4, 0.5) is 0 Å². The molecule has 1 amide bonds. The Morgan fingerprint density at radius 2 is 2.22 bits per heavy atom. The Kier molecular flexibility index (Phi) is 7.17. The quantitative estimate of drug-likeness (QED) is 0.642. The Bertz CT molecular complexity index is 571. The van der Waals surface area contributed by atoms with Crippen molar-refractivity contribution in [2.24, 2.45) is 0 Å². The fourth-order valence-corrected chi connectivity index (χ4v) is 3.28. The molecule has 130 valence electrons. The third-order valence-electron chi connectivity index (χ3n) is 4.82. The van der Waals surface area contributed by atoms with Gasteiger partial charge in [-0.2, -0.15) is 0 Å². The molecule has 5 nitrogen and oxygen atoms in total. The molecule has 23 heavy (non-hydrogen) atoms. The Hall–Kier alpha value is -0.980. The van der Waals surface area contributed by atoms with Crippen LogP contribution < -0.4 is 27.0 Å². The Morgan fingerprint density at radius 1 is 1.52 bits per heavy atom. The lowest BCUT2D eigenvalue weighted by atomic mass is 10.1. The van der Waals surface area contributed by atoms with Crippen molar-refractivity contribution in [2.45, 2.75) is 25.8 Å². The molecular formula is C16H24BrClN2O3. The van der Waals surface area contributed by atoms with Crippen LogP contribution >= 0.6 is 11.6 Å². The normalized spacial score (nSPS) is 23.2. The number of carbonyl (C=O) groups is 1. The molecule has 2 unspecified atom stereocenters. The number of halogens is 2. The van der Waals surface area contributed by atoms with E-state index in [1.165, 1.54) is 25.7 Å². The fourth-order valence-electron chi connectivity index (χ4n) is 3.12. The minimum absolute atomic E-state index is 0. The number of nitrogens with zero attached hydrogens (tertiary/aromatic N) is 1. The summed E-state index contributed by atoms with van der Waals surface area (Å²) in [5.74, 6) is -0.00653. The second-order valence-electron chi connectivity index (χ2n) is 6.03. The SMILES string of the molecule is CC[N+]1(C)CCCC1CNC(=O)c1cc(Cl)c(O)cc1OC.[Br-]. The maximum Gasteiger partial charge on any atom is 0.255 e. The fraction of sp³-hybridized carbons (Fsp3) is 0.562. The monoisotopic (exact) mass is 406 g/mol. The van der Waals surface area contributed by atoms with Crippen molar-refractivity contribution in [3.63, 3.8) is 0 Å². The summed E-state index contributed by atoms with van der Waals surface area (Å²) >= 11 is 5.89. The molecule has 1 aliphatic heterocycles. The highest BCUT2D eigenvalue weighted by Gasteiger charge is 2.36. The van der Waals surface area contributed by atoms with E-state index in [9.17, 15) is 9.90 Å². The lowest BCUT2D eigenvalue weighted by molar-refractivity contribution is -0.918. The average Bonchev–Trinajstić information content (AvgIpc) is 2.88. The zero-order valence-corrected chi connectivity index (χ0v) is 16.1. The molecule has 1 aliphatic rings. The van der Waals surface area contributed by atoms with Crippen LogP contribution in [0.15, 0.2) is 12.1 Å². The van der Waals surface area contributed by atoms with E-state index in [-0.39, 0.29) is 33.7 Å². The summed E-state index contributed by atoms with van der Waals surface area (Å²) in [5, 5.41) is 12.7. The molecule has 0 spiro atoms. The number of aromatic hydroxyl groups is 1. The van der Waals surface area contributed by atoms with Gasteiger partial charge in [0.2, 0.25) is 0 Å². The summed E-state index contributed by atoms with van der Waals surface area (Å²) in [4.78, 5) is 12.4. The molecule has 0 aliphatic carbocycles. The number of phenols is 1. The number of methoxy groups -OCH3 is 1. The predicted molar refractivity (Wildman–Crippen MR) is 86.6 cm³/mol. The number of quaternary nitrogens is 1. The number of rotatable bonds is 5. The minimum Gasteiger partial charge on any atom is -1.00 e. The topological polar surface area (TPSA) is 58.6 Å². The summed E-state index contributed by atoms with van der Waals surface area (Å²) in [6, 6.07) is 3.24. The third kappa shape index (κ3) is 4.31. The Labute approximate surface area is 152 Å². The van der Waals surface area contributed by atoms with Crippen LogP contribution in [0.5, 0.6) is 11.5 Å². The van der Waals surface area contributed by atoms with E-state index < -0.39 is 0 Å². The van der Waals surface area contributed by atoms with Gasteiger partial charge in [0.05, 0.1) is 44.4 Å². The molecular weight excluding hydrogens is 384 g/mol. The van der Waals surface area contributed by atoms with Crippen molar-refractivity contribution in [3.05, 3.63) is 22.7 Å². The summed E-state index contributed by atoms with van der Waals surface area (Å²) < 4.78 is 6.15. The standard InChI is InChI=1S/C16H23ClN2O3.BrH/c1-4-19(2)7-5-6-11(19)10-18-16(21)12-8-13(17)14(20)9-15(12)22-3;/h8-9,11H,4-7,10H2,1-3H3,(H-,18,20,21);1H. The molecule has 1 fully saturated rings. The lowest BCUT2D eigenvalue weighted by Gasteiger charge is -2.35. The smallest absolute Gasteiger partial charge is 0.255 e. The third-order valence-corrected chi connectivity index (χ3v) is 5.12. The first-order valence-electron chi connectivity index (χ1n) is 7.60. The highest BCUT2D eigenvalue weighted by Crippen LogP contribution is 2.31. The maximum absolute atomic E-state index is 12.4. The molecule has 1 heterocycles. The molecule has 1 saturated heterocycles. The van der Waals surface area contributed by atoms with E-state index in [2.05, 4.69) is 19.3 Å². The number of likely N-dealkylation sites (N-methyl/N-ethyl adjacent to an activating group) is 1. The number of hydrogen-bond donors (Lipinski definition) is 2. The summed E-state index contributed by atoms with van der Waals surface area (Å²) in [6.07, 6.45) is 2.32. The number of phenolic OH excluding ortho intramolecular Hbond substituents is 1. The maximum atomic E-state index is 12.4. The number of nitrogens with one attached hydrogen (secondary N) is 1. The van der Waals surface area contributed by atoms with Crippen LogP contribution in [0, 0.1) is 0 Å². The largest absolute Gasteiger partial charge is 1.00 e. The number of ether oxygens (including phenoxy) is 1. The van der Waals surface area contributed by atoms with Crippen LogP contribution in [0.25, 0.3) is 0 Å². The molecule has 2 rings (SSSR count). The minimum atomic E-state index is -0.228. The van der Waals surface area contributed by atoms with Crippen molar-refractivity contribution in [2.75, 3.05) is 33.8 Å². The van der Waals surface area contributed by atoms with Crippen LogP contribution in [-0.2, 0) is 0 Å². The summed E-state index contributed by atoms with van der Waals surface area (Å²) in [7, 11) is 3.70. The summed E-state index contributed by atoms with van der Waals surface area (Å²) in [5.41, 5.74) is 0.342. The van der Waals surface area contributed by atoms with Gasteiger partial charge in [-0.15, -0.1) is 0 Å². The molecule has 0 bridgehead atoms. The number of hydrogen-bond acceptors (Lipinski definition) is 3. The summed E-state index contributed by atoms with van der Waals surface area (Å²) in [6.45, 7) is 5.04. The van der Waals surface area contributed by atoms with Gasteiger partial charge in [-0.3, -0.25) is 4.79 Å². The van der Waals surface area contributed by atoms with Gasteiger partial charge in [0.15, 0.2) is 0 Å².